The average Bonchev–Trinajstić information content (AvgIpc) is 3.18. The van der Waals surface area contributed by atoms with Gasteiger partial charge >= 0.3 is 5.97 Å². The van der Waals surface area contributed by atoms with Crippen molar-refractivity contribution in [2.75, 3.05) is 16.0 Å². The number of carbonyl (C=O) groups is 2. The number of nitrogens with one attached hydrogen (secondary N) is 3. The summed E-state index contributed by atoms with van der Waals surface area (Å²) in [5.74, 6) is -2.58. The van der Waals surface area contributed by atoms with E-state index in [2.05, 4.69) is 41.1 Å². The molecule has 0 saturated carbocycles. The first kappa shape index (κ1) is 44.4. The summed E-state index contributed by atoms with van der Waals surface area (Å²) in [6.07, 6.45) is 3.09. The summed E-state index contributed by atoms with van der Waals surface area (Å²) < 4.78 is 137. The number of aromatic nitrogens is 3. The zero-order valence-electron chi connectivity index (χ0n) is 30.6. The van der Waals surface area contributed by atoms with Crippen LogP contribution in [0.5, 0.6) is 0 Å². The molecule has 0 spiro atoms. The number of benzene rings is 5. The van der Waals surface area contributed by atoms with Crippen molar-refractivity contribution >= 4 is 115 Å². The number of carbonyl (C=O) groups excluding carboxylic acids is 1. The van der Waals surface area contributed by atoms with Crippen molar-refractivity contribution in [2.45, 2.75) is 19.6 Å². The number of aldehydes is 1. The van der Waals surface area contributed by atoms with Gasteiger partial charge in [0.1, 0.15) is 21.0 Å². The lowest BCUT2D eigenvalue weighted by atomic mass is 10.1. The predicted molar refractivity (Wildman–Crippen MR) is 219 cm³/mol. The highest BCUT2D eigenvalue weighted by Crippen LogP contribution is 2.39. The van der Waals surface area contributed by atoms with Gasteiger partial charge in [0.25, 0.3) is 40.5 Å². The van der Waals surface area contributed by atoms with E-state index in [9.17, 15) is 66.6 Å². The maximum Gasteiger partial charge on any atom is 0.337 e. The minimum atomic E-state index is -5.03. The largest absolute Gasteiger partial charge is 0.478 e. The summed E-state index contributed by atoms with van der Waals surface area (Å²) in [7, 11) is -19.6. The van der Waals surface area contributed by atoms with Gasteiger partial charge in [0, 0.05) is 33.4 Å². The van der Waals surface area contributed by atoms with Crippen molar-refractivity contribution < 1.29 is 66.6 Å². The second kappa shape index (κ2) is 17.1. The lowest BCUT2D eigenvalue weighted by Gasteiger charge is -2.14. The number of azo groups is 1. The fourth-order valence-electron chi connectivity index (χ4n) is 5.68. The van der Waals surface area contributed by atoms with E-state index in [-0.39, 0.29) is 56.2 Å². The maximum atomic E-state index is 12.7. The third kappa shape index (κ3) is 10.2. The lowest BCUT2D eigenvalue weighted by molar-refractivity contribution is -0.132. The summed E-state index contributed by atoms with van der Waals surface area (Å²) in [6, 6.07) is 16.1. The zero-order valence-corrected chi connectivity index (χ0v) is 33.8. The van der Waals surface area contributed by atoms with E-state index in [0.717, 1.165) is 60.8 Å². The molecule has 1 aromatic heterocycles. The van der Waals surface area contributed by atoms with Crippen LogP contribution >= 0.6 is 0 Å². The quantitative estimate of drug-likeness (QED) is 0.0215. The Morgan fingerprint density at radius 1 is 0.613 bits per heavy atom. The molecule has 0 saturated heterocycles. The Kier molecular flexibility index (Phi) is 12.3. The van der Waals surface area contributed by atoms with Crippen LogP contribution in [0, 0.1) is 0 Å². The molecule has 23 nitrogen and oxygen atoms in total. The lowest BCUT2D eigenvalue weighted by Crippen LogP contribution is -2.09. The van der Waals surface area contributed by atoms with E-state index < -0.39 is 77.5 Å². The molecule has 27 heteroatoms. The van der Waals surface area contributed by atoms with Gasteiger partial charge in [-0.05, 0) is 66.7 Å². The maximum absolute atomic E-state index is 12.7. The highest BCUT2D eigenvalue weighted by atomic mass is 32.2. The number of fused-ring (bicyclic) bond motifs is 2. The van der Waals surface area contributed by atoms with E-state index in [1.807, 2.05) is 0 Å². The highest BCUT2D eigenvalue weighted by molar-refractivity contribution is 7.87. The third-order valence-electron chi connectivity index (χ3n) is 8.22. The van der Waals surface area contributed by atoms with Crippen molar-refractivity contribution in [1.82, 2.24) is 15.0 Å². The summed E-state index contributed by atoms with van der Waals surface area (Å²) in [5.41, 5.74) is -1.01. The molecule has 8 N–H and O–H groups in total. The van der Waals surface area contributed by atoms with Gasteiger partial charge in [-0.1, -0.05) is 30.3 Å². The molecule has 0 fully saturated rings. The van der Waals surface area contributed by atoms with E-state index in [1.54, 1.807) is 0 Å². The average molecular weight is 927 g/mol. The van der Waals surface area contributed by atoms with E-state index in [0.29, 0.717) is 6.29 Å². The van der Waals surface area contributed by atoms with Gasteiger partial charge in [0.05, 0.1) is 27.5 Å². The Labute approximate surface area is 349 Å². The van der Waals surface area contributed by atoms with Crippen LogP contribution in [0.25, 0.3) is 21.5 Å². The molecule has 0 radical (unpaired) electrons. The minimum absolute atomic E-state index is 0.0251. The van der Waals surface area contributed by atoms with Crippen LogP contribution < -0.4 is 16.0 Å². The highest BCUT2D eigenvalue weighted by Gasteiger charge is 2.23. The topological polar surface area (TPSA) is 371 Å². The van der Waals surface area contributed by atoms with Crippen LogP contribution in [0.15, 0.2) is 139 Å². The van der Waals surface area contributed by atoms with Crippen LogP contribution in [0.3, 0.4) is 0 Å². The molecular weight excluding hydrogens is 901 g/mol. The summed E-state index contributed by atoms with van der Waals surface area (Å²) in [4.78, 5) is 32.4. The molecule has 6 rings (SSSR count). The molecule has 0 unspecified atom stereocenters. The van der Waals surface area contributed by atoms with Gasteiger partial charge in [-0.3, -0.25) is 23.0 Å². The van der Waals surface area contributed by atoms with Gasteiger partial charge in [-0.25, -0.2) is 4.79 Å². The number of carboxylic acids is 1. The molecular formula is C35H26N8O15S4. The van der Waals surface area contributed by atoms with Crippen molar-refractivity contribution in [3.05, 3.63) is 109 Å². The second-order valence-corrected chi connectivity index (χ2v) is 17.9. The Bertz CT molecular complexity index is 3400. The SMILES string of the molecule is O=C/C=C\C(=C/Nc1nc(Nc2cccc(S(=O)(=O)O)c2)nc(Nc2ccc(N=Nc3cc(S(=O)(=O)O)c4cccc(S(=O)(=O)O)c4c3)c3cccc(S(=O)(=O)O)c23)n1)C(=O)O. The number of anilines is 5. The number of aliphatic carboxylic acids is 1. The molecule has 5 aromatic carbocycles. The number of rotatable bonds is 15. The minimum Gasteiger partial charge on any atom is -0.478 e. The Morgan fingerprint density at radius 3 is 1.85 bits per heavy atom. The summed E-state index contributed by atoms with van der Waals surface area (Å²) in [5, 5.41) is 24.7. The standard InChI is InChI=1S/C35H26N8O15S4/c44-14-4-5-19(32(45)46)18-36-33-39-34(37-20-6-1-7-22(15-20)59(47,48)49)41-35(40-33)38-27-13-12-26(24-9-3-11-29(31(24)27)61(53,54)55)43-42-21-16-25-23(30(17-21)62(56,57)58)8-2-10-28(25)60(50,51)52/h1-18H,(H,45,46)(H,47,48,49)(H,50,51,52)(H,53,54,55)(H,56,57,58)(H3,36,37,38,39,40,41)/b5-4-,19-18+,43-42?. The number of nitrogens with zero attached hydrogens (tertiary/aromatic N) is 5. The summed E-state index contributed by atoms with van der Waals surface area (Å²) in [6.45, 7) is 0. The fraction of sp³-hybridized carbons (Fsp3) is 0. The van der Waals surface area contributed by atoms with Crippen LogP contribution in [-0.2, 0) is 50.1 Å². The molecule has 0 bridgehead atoms. The van der Waals surface area contributed by atoms with Gasteiger partial charge < -0.3 is 21.1 Å². The normalized spacial score (nSPS) is 12.9. The molecule has 0 amide bonds. The van der Waals surface area contributed by atoms with Crippen LogP contribution in [0.2, 0.25) is 0 Å². The molecule has 0 atom stereocenters. The molecule has 62 heavy (non-hydrogen) atoms. The molecule has 1 heterocycles. The number of allylic oxidation sites excluding steroid dienone is 1. The van der Waals surface area contributed by atoms with E-state index in [4.69, 9.17) is 0 Å². The first-order chi connectivity index (χ1) is 29.0. The summed E-state index contributed by atoms with van der Waals surface area (Å²) >= 11 is 0. The third-order valence-corrected chi connectivity index (χ3v) is 11.8. The van der Waals surface area contributed by atoms with Crippen molar-refractivity contribution in [1.29, 1.82) is 0 Å². The number of hydrogen-bond donors (Lipinski definition) is 8. The number of carboxylic acid groups (broad SMARTS) is 1. The monoisotopic (exact) mass is 926 g/mol. The predicted octanol–water partition coefficient (Wildman–Crippen LogP) is 5.20. The van der Waals surface area contributed by atoms with Gasteiger partial charge in [0.15, 0.2) is 0 Å². The molecule has 0 aliphatic rings. The van der Waals surface area contributed by atoms with Crippen LogP contribution in [0.4, 0.5) is 40.6 Å². The Balaban J connectivity index is 1.49. The molecule has 0 aliphatic heterocycles. The fourth-order valence-corrected chi connectivity index (χ4v) is 8.36. The van der Waals surface area contributed by atoms with Crippen molar-refractivity contribution in [3.63, 3.8) is 0 Å². The van der Waals surface area contributed by atoms with Crippen molar-refractivity contribution in [3.8, 4) is 0 Å². The smallest absolute Gasteiger partial charge is 0.337 e. The van der Waals surface area contributed by atoms with Crippen LogP contribution in [-0.4, -0.2) is 84.2 Å². The first-order valence-corrected chi connectivity index (χ1v) is 22.5. The zero-order chi connectivity index (χ0) is 45.2. The second-order valence-electron chi connectivity index (χ2n) is 12.3. The molecule has 6 aromatic rings. The molecule has 0 aliphatic carbocycles. The van der Waals surface area contributed by atoms with Gasteiger partial charge in [-0.15, -0.1) is 5.11 Å². The molecule has 320 valence electrons. The number of hydrogen-bond acceptors (Lipinski definition) is 18. The first-order valence-electron chi connectivity index (χ1n) is 16.7. The van der Waals surface area contributed by atoms with Crippen LogP contribution in [0.1, 0.15) is 0 Å². The van der Waals surface area contributed by atoms with E-state index in [1.165, 1.54) is 42.5 Å². The van der Waals surface area contributed by atoms with Crippen molar-refractivity contribution in [2.24, 2.45) is 10.2 Å². The van der Waals surface area contributed by atoms with Gasteiger partial charge in [0.2, 0.25) is 17.8 Å². The Morgan fingerprint density at radius 2 is 1.23 bits per heavy atom. The van der Waals surface area contributed by atoms with Gasteiger partial charge in [-0.2, -0.15) is 53.7 Å². The van der Waals surface area contributed by atoms with E-state index >= 15 is 0 Å². The Hall–Kier alpha value is -7.11.